The molecule has 1 aromatic carbocycles. The Morgan fingerprint density at radius 3 is 2.73 bits per heavy atom. The van der Waals surface area contributed by atoms with Crippen molar-refractivity contribution in [2.45, 2.75) is 39.2 Å². The van der Waals surface area contributed by atoms with Crippen molar-refractivity contribution in [2.24, 2.45) is 11.8 Å². The van der Waals surface area contributed by atoms with Crippen molar-refractivity contribution in [1.82, 2.24) is 5.32 Å². The summed E-state index contributed by atoms with van der Waals surface area (Å²) in [5.74, 6) is 0.409. The third kappa shape index (κ3) is 4.44. The molecule has 5 heteroatoms. The maximum absolute atomic E-state index is 12.0. The van der Waals surface area contributed by atoms with E-state index in [9.17, 15) is 9.59 Å². The molecule has 0 heterocycles. The van der Waals surface area contributed by atoms with Crippen LogP contribution in [0.4, 0.5) is 0 Å². The second-order valence-electron chi connectivity index (χ2n) is 6.00. The Morgan fingerprint density at radius 2 is 2.00 bits per heavy atom. The Kier molecular flexibility index (Phi) is 6.23. The van der Waals surface area contributed by atoms with E-state index in [1.54, 1.807) is 12.1 Å². The van der Waals surface area contributed by atoms with E-state index >= 15 is 0 Å². The van der Waals surface area contributed by atoms with Gasteiger partial charge in [0.2, 0.25) is 0 Å². The third-order valence-electron chi connectivity index (χ3n) is 4.48. The molecule has 0 spiro atoms. The normalized spacial score (nSPS) is 24.6. The average molecular weight is 415 g/mol. The van der Waals surface area contributed by atoms with Gasteiger partial charge in [0, 0.05) is 9.61 Å². The van der Waals surface area contributed by atoms with Crippen molar-refractivity contribution in [3.8, 4) is 0 Å². The smallest absolute Gasteiger partial charge is 0.339 e. The van der Waals surface area contributed by atoms with Gasteiger partial charge >= 0.3 is 5.97 Å². The summed E-state index contributed by atoms with van der Waals surface area (Å²) in [5, 5.41) is 3.00. The van der Waals surface area contributed by atoms with Gasteiger partial charge < -0.3 is 10.1 Å². The standard InChI is InChI=1S/C17H22INO3/c1-11-6-5-9-15(12(11)2)19-16(20)10-22-17(21)13-7-3-4-8-14(13)18/h3-4,7-8,11-12,15H,5-6,9-10H2,1-2H3,(H,19,20)/t11-,12-,15+/m1/s1. The molecule has 2 rings (SSSR count). The summed E-state index contributed by atoms with van der Waals surface area (Å²) in [6.07, 6.45) is 3.36. The first kappa shape index (κ1) is 17.2. The molecular weight excluding hydrogens is 393 g/mol. The quantitative estimate of drug-likeness (QED) is 0.606. The van der Waals surface area contributed by atoms with E-state index < -0.39 is 5.97 Å². The van der Waals surface area contributed by atoms with Crippen LogP contribution in [0.1, 0.15) is 43.5 Å². The number of esters is 1. The molecule has 1 N–H and O–H groups in total. The predicted octanol–water partition coefficient (Wildman–Crippen LogP) is 3.39. The fourth-order valence-corrected chi connectivity index (χ4v) is 3.48. The lowest BCUT2D eigenvalue weighted by atomic mass is 9.78. The zero-order valence-electron chi connectivity index (χ0n) is 13.0. The van der Waals surface area contributed by atoms with Gasteiger partial charge in [-0.25, -0.2) is 4.79 Å². The molecule has 0 aromatic heterocycles. The molecule has 1 aliphatic rings. The SMILES string of the molecule is C[C@@H]1[C@H](C)CCC[C@@H]1NC(=O)COC(=O)c1ccccc1I. The molecule has 3 atom stereocenters. The summed E-state index contributed by atoms with van der Waals surface area (Å²) >= 11 is 2.08. The van der Waals surface area contributed by atoms with Crippen LogP contribution in [0.3, 0.4) is 0 Å². The van der Waals surface area contributed by atoms with Crippen molar-refractivity contribution in [3.05, 3.63) is 33.4 Å². The number of halogens is 1. The third-order valence-corrected chi connectivity index (χ3v) is 5.42. The van der Waals surface area contributed by atoms with Crippen LogP contribution in [0.15, 0.2) is 24.3 Å². The summed E-state index contributed by atoms with van der Waals surface area (Å²) < 4.78 is 5.94. The lowest BCUT2D eigenvalue weighted by molar-refractivity contribution is -0.125. The molecule has 1 aromatic rings. The van der Waals surface area contributed by atoms with Gasteiger partial charge in [0.15, 0.2) is 6.61 Å². The van der Waals surface area contributed by atoms with Gasteiger partial charge in [-0.3, -0.25) is 4.79 Å². The molecule has 1 aliphatic carbocycles. The van der Waals surface area contributed by atoms with E-state index in [1.165, 1.54) is 6.42 Å². The zero-order valence-corrected chi connectivity index (χ0v) is 15.1. The predicted molar refractivity (Wildman–Crippen MR) is 93.6 cm³/mol. The topological polar surface area (TPSA) is 55.4 Å². The van der Waals surface area contributed by atoms with Crippen molar-refractivity contribution >= 4 is 34.5 Å². The van der Waals surface area contributed by atoms with Gasteiger partial charge in [0.25, 0.3) is 5.91 Å². The monoisotopic (exact) mass is 415 g/mol. The summed E-state index contributed by atoms with van der Waals surface area (Å²) in [4.78, 5) is 24.0. The Morgan fingerprint density at radius 1 is 1.27 bits per heavy atom. The number of benzene rings is 1. The van der Waals surface area contributed by atoms with E-state index in [2.05, 4.69) is 41.8 Å². The van der Waals surface area contributed by atoms with Gasteiger partial charge in [0.1, 0.15) is 0 Å². The maximum atomic E-state index is 12.0. The Bertz CT molecular complexity index is 546. The minimum absolute atomic E-state index is 0.187. The average Bonchev–Trinajstić information content (AvgIpc) is 2.50. The van der Waals surface area contributed by atoms with Crippen LogP contribution in [-0.4, -0.2) is 24.5 Å². The number of hydrogen-bond acceptors (Lipinski definition) is 3. The molecular formula is C17H22INO3. The molecule has 120 valence electrons. The largest absolute Gasteiger partial charge is 0.452 e. The lowest BCUT2D eigenvalue weighted by Gasteiger charge is -2.34. The summed E-state index contributed by atoms with van der Waals surface area (Å²) in [5.41, 5.74) is 0.496. The van der Waals surface area contributed by atoms with Gasteiger partial charge in [0.05, 0.1) is 5.56 Å². The van der Waals surface area contributed by atoms with Crippen LogP contribution >= 0.6 is 22.6 Å². The minimum Gasteiger partial charge on any atom is -0.452 e. The van der Waals surface area contributed by atoms with Gasteiger partial charge in [-0.05, 0) is 53.0 Å². The van der Waals surface area contributed by atoms with Gasteiger partial charge in [-0.1, -0.05) is 38.8 Å². The Labute approximate surface area is 145 Å². The van der Waals surface area contributed by atoms with Crippen LogP contribution in [0, 0.1) is 15.4 Å². The summed E-state index contributed by atoms with van der Waals surface area (Å²) in [7, 11) is 0. The highest BCUT2D eigenvalue weighted by Crippen LogP contribution is 2.29. The van der Waals surface area contributed by atoms with Crippen LogP contribution in [0.25, 0.3) is 0 Å². The van der Waals surface area contributed by atoms with E-state index in [4.69, 9.17) is 4.74 Å². The van der Waals surface area contributed by atoms with Crippen molar-refractivity contribution in [3.63, 3.8) is 0 Å². The number of hydrogen-bond donors (Lipinski definition) is 1. The van der Waals surface area contributed by atoms with Crippen LogP contribution < -0.4 is 5.32 Å². The van der Waals surface area contributed by atoms with Crippen molar-refractivity contribution in [1.29, 1.82) is 0 Å². The number of ether oxygens (including phenoxy) is 1. The highest BCUT2D eigenvalue weighted by Gasteiger charge is 2.28. The first-order valence-corrected chi connectivity index (χ1v) is 8.78. The number of carbonyl (C=O) groups excluding carboxylic acids is 2. The van der Waals surface area contributed by atoms with Gasteiger partial charge in [-0.2, -0.15) is 0 Å². The van der Waals surface area contributed by atoms with Gasteiger partial charge in [-0.15, -0.1) is 0 Å². The second kappa shape index (κ2) is 7.94. The van der Waals surface area contributed by atoms with E-state index in [0.29, 0.717) is 17.4 Å². The molecule has 0 radical (unpaired) electrons. The number of amides is 1. The van der Waals surface area contributed by atoms with Crippen molar-refractivity contribution in [2.75, 3.05) is 6.61 Å². The molecule has 0 saturated heterocycles. The number of rotatable bonds is 4. The number of nitrogens with one attached hydrogen (secondary N) is 1. The fraction of sp³-hybridized carbons (Fsp3) is 0.529. The van der Waals surface area contributed by atoms with E-state index in [-0.39, 0.29) is 18.6 Å². The first-order valence-electron chi connectivity index (χ1n) is 7.70. The lowest BCUT2D eigenvalue weighted by Crippen LogP contribution is -2.45. The molecule has 1 fully saturated rings. The highest BCUT2D eigenvalue weighted by molar-refractivity contribution is 14.1. The highest BCUT2D eigenvalue weighted by atomic mass is 127. The summed E-state index contributed by atoms with van der Waals surface area (Å²) in [6.45, 7) is 4.18. The van der Waals surface area contributed by atoms with Crippen molar-refractivity contribution < 1.29 is 14.3 Å². The maximum Gasteiger partial charge on any atom is 0.339 e. The Balaban J connectivity index is 1.83. The molecule has 1 saturated carbocycles. The van der Waals surface area contributed by atoms with Crippen LogP contribution in [0.5, 0.6) is 0 Å². The summed E-state index contributed by atoms with van der Waals surface area (Å²) in [6, 6.07) is 7.36. The number of carbonyl (C=O) groups is 2. The Hall–Kier alpha value is -1.11. The molecule has 22 heavy (non-hydrogen) atoms. The molecule has 4 nitrogen and oxygen atoms in total. The zero-order chi connectivity index (χ0) is 16.1. The molecule has 0 unspecified atom stereocenters. The minimum atomic E-state index is -0.454. The molecule has 0 aliphatic heterocycles. The van der Waals surface area contributed by atoms with Crippen LogP contribution in [-0.2, 0) is 9.53 Å². The fourth-order valence-electron chi connectivity index (χ4n) is 2.87. The first-order chi connectivity index (χ1) is 10.5. The van der Waals surface area contributed by atoms with Crippen LogP contribution in [0.2, 0.25) is 0 Å². The second-order valence-corrected chi connectivity index (χ2v) is 7.16. The van der Waals surface area contributed by atoms with E-state index in [0.717, 1.165) is 16.4 Å². The molecule has 0 bridgehead atoms. The van der Waals surface area contributed by atoms with E-state index in [1.807, 2.05) is 12.1 Å². The molecule has 1 amide bonds.